The predicted molar refractivity (Wildman–Crippen MR) is 85.0 cm³/mol. The van der Waals surface area contributed by atoms with Gasteiger partial charge in [0.05, 0.1) is 13.2 Å². The molecule has 1 heterocycles. The van der Waals surface area contributed by atoms with Crippen LogP contribution in [0.15, 0.2) is 17.1 Å². The number of H-pyrrole nitrogens is 1. The quantitative estimate of drug-likeness (QED) is 0.498. The molecule has 114 valence electrons. The van der Waals surface area contributed by atoms with Crippen LogP contribution in [0.2, 0.25) is 18.1 Å². The van der Waals surface area contributed by atoms with E-state index in [-0.39, 0.29) is 10.6 Å². The van der Waals surface area contributed by atoms with Crippen LogP contribution < -0.4 is 5.56 Å². The standard InChI is InChI=1S/C13H24N2O3SSi/c1-13(2,3)20(4,5)18-9-8-17-10-15-7-6-11(16)14-12(15)19/h6-7H,8-10H2,1-5H3,(H,14,16,19). The summed E-state index contributed by atoms with van der Waals surface area (Å²) in [6, 6.07) is 1.42. The Bertz CT molecular complexity index is 546. The van der Waals surface area contributed by atoms with E-state index in [1.165, 1.54) is 6.07 Å². The first-order valence-electron chi connectivity index (χ1n) is 6.65. The van der Waals surface area contributed by atoms with Gasteiger partial charge in [0.2, 0.25) is 0 Å². The smallest absolute Gasteiger partial charge is 0.251 e. The number of hydrogen-bond donors (Lipinski definition) is 1. The maximum Gasteiger partial charge on any atom is 0.251 e. The second kappa shape index (κ2) is 6.80. The molecule has 0 unspecified atom stereocenters. The normalized spacial score (nSPS) is 12.7. The third-order valence-corrected chi connectivity index (χ3v) is 8.50. The van der Waals surface area contributed by atoms with Gasteiger partial charge in [-0.05, 0) is 30.4 Å². The third-order valence-electron chi connectivity index (χ3n) is 3.62. The zero-order valence-electron chi connectivity index (χ0n) is 12.9. The summed E-state index contributed by atoms with van der Waals surface area (Å²) in [6.45, 7) is 12.5. The summed E-state index contributed by atoms with van der Waals surface area (Å²) >= 11 is 5.03. The van der Waals surface area contributed by atoms with Crippen LogP contribution >= 0.6 is 12.2 Å². The lowest BCUT2D eigenvalue weighted by atomic mass is 10.2. The number of nitrogens with zero attached hydrogens (tertiary/aromatic N) is 1. The SMILES string of the molecule is CC(C)(C)[Si](C)(C)OCCOCn1ccc(=O)[nH]c1=S. The average molecular weight is 316 g/mol. The second-order valence-corrected chi connectivity index (χ2v) is 11.4. The van der Waals surface area contributed by atoms with Crippen molar-refractivity contribution in [3.63, 3.8) is 0 Å². The molecule has 0 amide bonds. The van der Waals surface area contributed by atoms with E-state index >= 15 is 0 Å². The van der Waals surface area contributed by atoms with Crippen molar-refractivity contribution in [2.24, 2.45) is 0 Å². The molecule has 5 nitrogen and oxygen atoms in total. The monoisotopic (exact) mass is 316 g/mol. The predicted octanol–water partition coefficient (Wildman–Crippen LogP) is 2.90. The van der Waals surface area contributed by atoms with E-state index in [4.69, 9.17) is 21.4 Å². The van der Waals surface area contributed by atoms with Crippen molar-refractivity contribution in [3.8, 4) is 0 Å². The third kappa shape index (κ3) is 4.97. The first-order valence-corrected chi connectivity index (χ1v) is 9.96. The lowest BCUT2D eigenvalue weighted by Crippen LogP contribution is -2.41. The van der Waals surface area contributed by atoms with Crippen molar-refractivity contribution in [1.29, 1.82) is 0 Å². The van der Waals surface area contributed by atoms with E-state index in [1.54, 1.807) is 10.8 Å². The number of hydrogen-bond acceptors (Lipinski definition) is 4. The lowest BCUT2D eigenvalue weighted by Gasteiger charge is -2.36. The molecule has 0 aromatic carbocycles. The average Bonchev–Trinajstić information content (AvgIpc) is 2.29. The minimum absolute atomic E-state index is 0.201. The van der Waals surface area contributed by atoms with Gasteiger partial charge in [0.15, 0.2) is 13.1 Å². The highest BCUT2D eigenvalue weighted by molar-refractivity contribution is 7.71. The summed E-state index contributed by atoms with van der Waals surface area (Å²) in [7, 11) is -1.71. The molecule has 0 atom stereocenters. The second-order valence-electron chi connectivity index (χ2n) is 6.23. The summed E-state index contributed by atoms with van der Waals surface area (Å²) in [5.41, 5.74) is -0.201. The summed E-state index contributed by atoms with van der Waals surface area (Å²) < 4.78 is 13.6. The van der Waals surface area contributed by atoms with Crippen molar-refractivity contribution in [1.82, 2.24) is 9.55 Å². The van der Waals surface area contributed by atoms with Gasteiger partial charge in [-0.2, -0.15) is 0 Å². The van der Waals surface area contributed by atoms with Gasteiger partial charge in [-0.3, -0.25) is 9.78 Å². The molecular weight excluding hydrogens is 292 g/mol. The fourth-order valence-corrected chi connectivity index (χ4v) is 2.52. The molecule has 1 N–H and O–H groups in total. The fraction of sp³-hybridized carbons (Fsp3) is 0.692. The molecule has 1 aromatic rings. The molecule has 0 aliphatic carbocycles. The molecule has 0 aliphatic heterocycles. The van der Waals surface area contributed by atoms with E-state index in [0.29, 0.717) is 24.7 Å². The van der Waals surface area contributed by atoms with Gasteiger partial charge < -0.3 is 13.7 Å². The highest BCUT2D eigenvalue weighted by atomic mass is 32.1. The Balaban J connectivity index is 2.36. The minimum Gasteiger partial charge on any atom is -0.414 e. The summed E-state index contributed by atoms with van der Waals surface area (Å²) in [6.07, 6.45) is 1.62. The molecule has 0 radical (unpaired) electrons. The molecule has 0 saturated carbocycles. The van der Waals surface area contributed by atoms with Gasteiger partial charge in [0.1, 0.15) is 6.73 Å². The van der Waals surface area contributed by atoms with Crippen LogP contribution in [0.3, 0.4) is 0 Å². The van der Waals surface area contributed by atoms with Crippen molar-refractivity contribution in [2.45, 2.75) is 45.6 Å². The highest BCUT2D eigenvalue weighted by Gasteiger charge is 2.36. The Morgan fingerprint density at radius 3 is 2.55 bits per heavy atom. The van der Waals surface area contributed by atoms with Crippen LogP contribution in [-0.4, -0.2) is 31.1 Å². The molecule has 0 bridgehead atoms. The zero-order valence-corrected chi connectivity index (χ0v) is 14.7. The van der Waals surface area contributed by atoms with Gasteiger partial charge in [0, 0.05) is 12.3 Å². The largest absolute Gasteiger partial charge is 0.414 e. The van der Waals surface area contributed by atoms with Gasteiger partial charge in [-0.1, -0.05) is 20.8 Å². The first kappa shape index (κ1) is 17.3. The molecule has 7 heteroatoms. The number of aromatic amines is 1. The van der Waals surface area contributed by atoms with Gasteiger partial charge in [-0.25, -0.2) is 0 Å². The van der Waals surface area contributed by atoms with Crippen LogP contribution in [0.1, 0.15) is 20.8 Å². The van der Waals surface area contributed by atoms with Crippen LogP contribution in [0.5, 0.6) is 0 Å². The summed E-state index contributed by atoms with van der Waals surface area (Å²) in [5.74, 6) is 0. The summed E-state index contributed by atoms with van der Waals surface area (Å²) in [4.78, 5) is 13.6. The van der Waals surface area contributed by atoms with Gasteiger partial charge in [0.25, 0.3) is 5.56 Å². The Morgan fingerprint density at radius 2 is 2.00 bits per heavy atom. The molecule has 0 aliphatic rings. The molecular formula is C13H24N2O3SSi. The van der Waals surface area contributed by atoms with E-state index in [1.807, 2.05) is 0 Å². The molecule has 0 spiro atoms. The van der Waals surface area contributed by atoms with Gasteiger partial charge in [-0.15, -0.1) is 0 Å². The lowest BCUT2D eigenvalue weighted by molar-refractivity contribution is 0.0492. The Kier molecular flexibility index (Phi) is 5.87. The summed E-state index contributed by atoms with van der Waals surface area (Å²) in [5, 5.41) is 0.203. The van der Waals surface area contributed by atoms with Crippen molar-refractivity contribution in [2.75, 3.05) is 13.2 Å². The van der Waals surface area contributed by atoms with Crippen molar-refractivity contribution >= 4 is 20.5 Å². The van der Waals surface area contributed by atoms with Crippen LogP contribution in [0.25, 0.3) is 0 Å². The van der Waals surface area contributed by atoms with E-state index in [0.717, 1.165) is 0 Å². The topological polar surface area (TPSA) is 56.2 Å². The zero-order chi connectivity index (χ0) is 15.4. The minimum atomic E-state index is -1.71. The number of rotatable bonds is 6. The molecule has 0 saturated heterocycles. The first-order chi connectivity index (χ1) is 9.13. The molecule has 1 aromatic heterocycles. The highest BCUT2D eigenvalue weighted by Crippen LogP contribution is 2.36. The molecule has 1 rings (SSSR count). The van der Waals surface area contributed by atoms with Crippen LogP contribution in [0, 0.1) is 4.77 Å². The number of ether oxygens (including phenoxy) is 1. The van der Waals surface area contributed by atoms with Crippen LogP contribution in [-0.2, 0) is 15.9 Å². The number of nitrogens with one attached hydrogen (secondary N) is 1. The van der Waals surface area contributed by atoms with Crippen LogP contribution in [0.4, 0.5) is 0 Å². The Hall–Kier alpha value is -0.763. The van der Waals surface area contributed by atoms with E-state index in [9.17, 15) is 4.79 Å². The Morgan fingerprint density at radius 1 is 1.35 bits per heavy atom. The van der Waals surface area contributed by atoms with E-state index in [2.05, 4.69) is 38.8 Å². The molecule has 0 fully saturated rings. The maximum atomic E-state index is 11.0. The number of aromatic nitrogens is 2. The van der Waals surface area contributed by atoms with E-state index < -0.39 is 8.32 Å². The molecule has 20 heavy (non-hydrogen) atoms. The van der Waals surface area contributed by atoms with Crippen molar-refractivity contribution in [3.05, 3.63) is 27.4 Å². The van der Waals surface area contributed by atoms with Gasteiger partial charge >= 0.3 is 0 Å². The maximum absolute atomic E-state index is 11.0. The fourth-order valence-electron chi connectivity index (χ4n) is 1.28. The Labute approximate surface area is 126 Å². The van der Waals surface area contributed by atoms with Crippen molar-refractivity contribution < 1.29 is 9.16 Å².